The first-order chi connectivity index (χ1) is 8.40. The van der Waals surface area contributed by atoms with Gasteiger partial charge in [-0.05, 0) is 31.4 Å². The average Bonchev–Trinajstić information content (AvgIpc) is 2.83. The smallest absolute Gasteiger partial charge is 0.137 e. The van der Waals surface area contributed by atoms with Crippen LogP contribution in [0.4, 0.5) is 0 Å². The van der Waals surface area contributed by atoms with E-state index in [4.69, 9.17) is 0 Å². The van der Waals surface area contributed by atoms with Crippen LogP contribution in [0.5, 0.6) is 0 Å². The summed E-state index contributed by atoms with van der Waals surface area (Å²) in [6.45, 7) is 0.220. The number of nitrogens with zero attached hydrogens (tertiary/aromatic N) is 3. The summed E-state index contributed by atoms with van der Waals surface area (Å²) in [5, 5.41) is 18.2. The van der Waals surface area contributed by atoms with Crippen molar-refractivity contribution in [1.29, 1.82) is 0 Å². The number of fused-ring (bicyclic) bond motifs is 1. The average molecular weight is 253 g/mol. The highest BCUT2D eigenvalue weighted by Crippen LogP contribution is 2.34. The summed E-state index contributed by atoms with van der Waals surface area (Å²) in [5.74, 6) is 5.20. The van der Waals surface area contributed by atoms with Gasteiger partial charge in [0.1, 0.15) is 11.6 Å². The number of thioether (sulfide) groups is 1. The van der Waals surface area contributed by atoms with Crippen molar-refractivity contribution in [2.24, 2.45) is 0 Å². The molecule has 3 rings (SSSR count). The molecule has 5 heteroatoms. The zero-order valence-electron chi connectivity index (χ0n) is 10.0. The lowest BCUT2D eigenvalue weighted by Crippen LogP contribution is -2.25. The van der Waals surface area contributed by atoms with E-state index < -0.39 is 0 Å². The SMILES string of the molecule is OCC1CCCc2nnc(C3CCCSC3)n21. The summed E-state index contributed by atoms with van der Waals surface area (Å²) >= 11 is 2.02. The quantitative estimate of drug-likeness (QED) is 0.872. The molecule has 2 aliphatic heterocycles. The van der Waals surface area contributed by atoms with Gasteiger partial charge in [0.05, 0.1) is 12.6 Å². The predicted octanol–water partition coefficient (Wildman–Crippen LogP) is 1.76. The van der Waals surface area contributed by atoms with Crippen molar-refractivity contribution < 1.29 is 5.11 Å². The lowest BCUT2D eigenvalue weighted by Gasteiger charge is -2.28. The van der Waals surface area contributed by atoms with E-state index >= 15 is 0 Å². The molecule has 1 aromatic rings. The molecule has 1 fully saturated rings. The monoisotopic (exact) mass is 253 g/mol. The van der Waals surface area contributed by atoms with Crippen LogP contribution in [0.1, 0.15) is 49.3 Å². The molecule has 2 atom stereocenters. The zero-order valence-corrected chi connectivity index (χ0v) is 10.8. The maximum Gasteiger partial charge on any atom is 0.137 e. The lowest BCUT2D eigenvalue weighted by molar-refractivity contribution is 0.202. The summed E-state index contributed by atoms with van der Waals surface area (Å²) in [5.41, 5.74) is 0. The molecular formula is C12H19N3OS. The fourth-order valence-corrected chi connectivity index (χ4v) is 4.06. The van der Waals surface area contributed by atoms with Crippen molar-refractivity contribution >= 4 is 11.8 Å². The maximum atomic E-state index is 9.50. The van der Waals surface area contributed by atoms with Crippen molar-refractivity contribution in [2.45, 2.75) is 44.1 Å². The van der Waals surface area contributed by atoms with Gasteiger partial charge in [0.15, 0.2) is 0 Å². The van der Waals surface area contributed by atoms with E-state index in [9.17, 15) is 5.11 Å². The van der Waals surface area contributed by atoms with Gasteiger partial charge < -0.3 is 9.67 Å². The molecule has 1 aromatic heterocycles. The standard InChI is InChI=1S/C12H19N3OS/c16-7-10-4-1-5-11-13-14-12(15(10)11)9-3-2-6-17-8-9/h9-10,16H,1-8H2. The Balaban J connectivity index is 1.91. The molecule has 0 aromatic carbocycles. The molecule has 0 radical (unpaired) electrons. The van der Waals surface area contributed by atoms with Gasteiger partial charge in [-0.15, -0.1) is 10.2 Å². The van der Waals surface area contributed by atoms with Crippen LogP contribution in [0.25, 0.3) is 0 Å². The lowest BCUT2D eigenvalue weighted by atomic mass is 10.0. The van der Waals surface area contributed by atoms with Gasteiger partial charge in [0, 0.05) is 18.1 Å². The van der Waals surface area contributed by atoms with Gasteiger partial charge in [-0.3, -0.25) is 0 Å². The molecule has 94 valence electrons. The van der Waals surface area contributed by atoms with Crippen LogP contribution in [0.2, 0.25) is 0 Å². The van der Waals surface area contributed by atoms with E-state index in [-0.39, 0.29) is 12.6 Å². The predicted molar refractivity (Wildman–Crippen MR) is 68.4 cm³/mol. The van der Waals surface area contributed by atoms with Crippen LogP contribution in [0.3, 0.4) is 0 Å². The van der Waals surface area contributed by atoms with Crippen molar-refractivity contribution in [2.75, 3.05) is 18.1 Å². The molecular weight excluding hydrogens is 234 g/mol. The molecule has 0 saturated carbocycles. The third-order valence-corrected chi connectivity index (χ3v) is 5.05. The number of aromatic nitrogens is 3. The summed E-state index contributed by atoms with van der Waals surface area (Å²) in [4.78, 5) is 0. The minimum Gasteiger partial charge on any atom is -0.394 e. The van der Waals surface area contributed by atoms with Gasteiger partial charge >= 0.3 is 0 Å². The molecule has 0 spiro atoms. The van der Waals surface area contributed by atoms with E-state index in [0.717, 1.165) is 36.7 Å². The van der Waals surface area contributed by atoms with E-state index in [0.29, 0.717) is 5.92 Å². The molecule has 2 unspecified atom stereocenters. The first kappa shape index (κ1) is 11.5. The third-order valence-electron chi connectivity index (χ3n) is 3.83. The molecule has 1 saturated heterocycles. The fraction of sp³-hybridized carbons (Fsp3) is 0.833. The van der Waals surface area contributed by atoms with Gasteiger partial charge in [0.25, 0.3) is 0 Å². The van der Waals surface area contributed by atoms with Crippen LogP contribution in [0.15, 0.2) is 0 Å². The fourth-order valence-electron chi connectivity index (χ4n) is 2.93. The number of rotatable bonds is 2. The highest BCUT2D eigenvalue weighted by atomic mass is 32.2. The van der Waals surface area contributed by atoms with Crippen molar-refractivity contribution in [3.05, 3.63) is 11.6 Å². The number of aliphatic hydroxyl groups excluding tert-OH is 1. The Morgan fingerprint density at radius 3 is 3.00 bits per heavy atom. The summed E-state index contributed by atoms with van der Waals surface area (Å²) < 4.78 is 2.24. The number of hydrogen-bond acceptors (Lipinski definition) is 4. The summed E-state index contributed by atoms with van der Waals surface area (Å²) in [6, 6.07) is 0.218. The Morgan fingerprint density at radius 1 is 1.29 bits per heavy atom. The van der Waals surface area contributed by atoms with Crippen LogP contribution < -0.4 is 0 Å². The molecule has 0 bridgehead atoms. The third kappa shape index (κ3) is 2.10. The van der Waals surface area contributed by atoms with E-state index in [1.54, 1.807) is 0 Å². The molecule has 1 N–H and O–H groups in total. The van der Waals surface area contributed by atoms with Crippen LogP contribution in [-0.4, -0.2) is 38.0 Å². The van der Waals surface area contributed by atoms with Crippen LogP contribution >= 0.6 is 11.8 Å². The Labute approximate surface area is 106 Å². The van der Waals surface area contributed by atoms with Crippen molar-refractivity contribution in [3.8, 4) is 0 Å². The number of aliphatic hydroxyl groups is 1. The Morgan fingerprint density at radius 2 is 2.24 bits per heavy atom. The first-order valence-corrected chi connectivity index (χ1v) is 7.68. The van der Waals surface area contributed by atoms with Gasteiger partial charge in [-0.25, -0.2) is 0 Å². The van der Waals surface area contributed by atoms with Crippen LogP contribution in [0, 0.1) is 0 Å². The minimum atomic E-state index is 0.218. The minimum absolute atomic E-state index is 0.218. The van der Waals surface area contributed by atoms with E-state index in [2.05, 4.69) is 14.8 Å². The second-order valence-corrected chi connectivity index (χ2v) is 6.14. The van der Waals surface area contributed by atoms with Gasteiger partial charge in [-0.2, -0.15) is 11.8 Å². The van der Waals surface area contributed by atoms with Crippen LogP contribution in [-0.2, 0) is 6.42 Å². The Hall–Kier alpha value is -0.550. The van der Waals surface area contributed by atoms with Crippen molar-refractivity contribution in [1.82, 2.24) is 14.8 Å². The number of aryl methyl sites for hydroxylation is 1. The second kappa shape index (κ2) is 4.98. The highest BCUT2D eigenvalue weighted by molar-refractivity contribution is 7.99. The summed E-state index contributed by atoms with van der Waals surface area (Å²) in [7, 11) is 0. The van der Waals surface area contributed by atoms with E-state index in [1.165, 1.54) is 18.6 Å². The molecule has 0 aliphatic carbocycles. The Kier molecular flexibility index (Phi) is 3.38. The zero-order chi connectivity index (χ0) is 11.7. The molecule has 4 nitrogen and oxygen atoms in total. The molecule has 17 heavy (non-hydrogen) atoms. The number of hydrogen-bond donors (Lipinski definition) is 1. The molecule has 0 amide bonds. The largest absolute Gasteiger partial charge is 0.394 e. The molecule has 3 heterocycles. The highest BCUT2D eigenvalue weighted by Gasteiger charge is 2.29. The van der Waals surface area contributed by atoms with Gasteiger partial charge in [0.2, 0.25) is 0 Å². The van der Waals surface area contributed by atoms with Crippen molar-refractivity contribution in [3.63, 3.8) is 0 Å². The molecule has 2 aliphatic rings. The summed E-state index contributed by atoms with van der Waals surface area (Å²) in [6.07, 6.45) is 5.71. The maximum absolute atomic E-state index is 9.50. The van der Waals surface area contributed by atoms with E-state index in [1.807, 2.05) is 11.8 Å². The van der Waals surface area contributed by atoms with Gasteiger partial charge in [-0.1, -0.05) is 0 Å². The Bertz CT molecular complexity index is 387. The topological polar surface area (TPSA) is 50.9 Å². The second-order valence-electron chi connectivity index (χ2n) is 4.99. The first-order valence-electron chi connectivity index (χ1n) is 6.52. The normalized spacial score (nSPS) is 29.0.